The molecule has 0 spiro atoms. The molecule has 2 aromatic rings. The summed E-state index contributed by atoms with van der Waals surface area (Å²) in [5.74, 6) is 0.579. The molecule has 5 heteroatoms. The lowest BCUT2D eigenvalue weighted by molar-refractivity contribution is -0.131. The molecule has 1 aromatic carbocycles. The van der Waals surface area contributed by atoms with Crippen molar-refractivity contribution in [3.05, 3.63) is 29.6 Å². The van der Waals surface area contributed by atoms with Gasteiger partial charge < -0.3 is 14.6 Å². The van der Waals surface area contributed by atoms with Gasteiger partial charge >= 0.3 is 0 Å². The molecule has 0 bridgehead atoms. The molecule has 1 heterocycles. The normalized spacial score (nSPS) is 11.0. The van der Waals surface area contributed by atoms with Crippen LogP contribution < -0.4 is 0 Å². The second-order valence-corrected chi connectivity index (χ2v) is 4.83. The van der Waals surface area contributed by atoms with Crippen molar-refractivity contribution in [3.8, 4) is 0 Å². The van der Waals surface area contributed by atoms with Gasteiger partial charge in [-0.2, -0.15) is 0 Å². The Morgan fingerprint density at radius 1 is 1.35 bits per heavy atom. The van der Waals surface area contributed by atoms with Gasteiger partial charge in [-0.15, -0.1) is 0 Å². The van der Waals surface area contributed by atoms with Crippen LogP contribution in [0.25, 0.3) is 11.0 Å². The van der Waals surface area contributed by atoms with Crippen LogP contribution in [0.5, 0.6) is 0 Å². The molecule has 0 fully saturated rings. The highest BCUT2D eigenvalue weighted by atomic mass is 16.3. The van der Waals surface area contributed by atoms with E-state index in [1.54, 1.807) is 9.47 Å². The van der Waals surface area contributed by atoms with Crippen molar-refractivity contribution in [2.45, 2.75) is 33.9 Å². The van der Waals surface area contributed by atoms with Crippen molar-refractivity contribution in [1.29, 1.82) is 0 Å². The van der Waals surface area contributed by atoms with Crippen molar-refractivity contribution >= 4 is 16.9 Å². The first-order valence-corrected chi connectivity index (χ1v) is 6.95. The lowest BCUT2D eigenvalue weighted by Gasteiger charge is -2.19. The maximum absolute atomic E-state index is 12.2. The molecule has 0 atom stereocenters. The molecule has 0 radical (unpaired) electrons. The van der Waals surface area contributed by atoms with E-state index in [4.69, 9.17) is 0 Å². The molecule has 5 nitrogen and oxygen atoms in total. The van der Waals surface area contributed by atoms with Gasteiger partial charge in [-0.1, -0.05) is 6.07 Å². The number of fused-ring (bicyclic) bond motifs is 1. The molecule has 2 rings (SSSR count). The second-order valence-electron chi connectivity index (χ2n) is 4.83. The number of rotatable bonds is 5. The lowest BCUT2D eigenvalue weighted by atomic mass is 10.2. The predicted molar refractivity (Wildman–Crippen MR) is 78.3 cm³/mol. The quantitative estimate of drug-likeness (QED) is 0.903. The maximum Gasteiger partial charge on any atom is 0.242 e. The monoisotopic (exact) mass is 275 g/mol. The van der Waals surface area contributed by atoms with Crippen LogP contribution >= 0.6 is 0 Å². The average Bonchev–Trinajstić information content (AvgIpc) is 2.77. The highest BCUT2D eigenvalue weighted by Crippen LogP contribution is 2.18. The summed E-state index contributed by atoms with van der Waals surface area (Å²) < 4.78 is 1.80. The van der Waals surface area contributed by atoms with Gasteiger partial charge in [0.05, 0.1) is 11.0 Å². The summed E-state index contributed by atoms with van der Waals surface area (Å²) in [5, 5.41) is 9.45. The minimum absolute atomic E-state index is 0.0459. The molecule has 0 unspecified atom stereocenters. The first kappa shape index (κ1) is 14.5. The first-order chi connectivity index (χ1) is 9.60. The number of hydrogen-bond donors (Lipinski definition) is 1. The third-order valence-electron chi connectivity index (χ3n) is 3.53. The van der Waals surface area contributed by atoms with E-state index in [9.17, 15) is 9.90 Å². The highest BCUT2D eigenvalue weighted by molar-refractivity contribution is 5.81. The summed E-state index contributed by atoms with van der Waals surface area (Å²) in [4.78, 5) is 18.4. The van der Waals surface area contributed by atoms with Crippen molar-refractivity contribution in [1.82, 2.24) is 14.5 Å². The van der Waals surface area contributed by atoms with Crippen LogP contribution in [0.1, 0.15) is 25.2 Å². The van der Waals surface area contributed by atoms with Gasteiger partial charge in [-0.25, -0.2) is 4.98 Å². The Kier molecular flexibility index (Phi) is 4.39. The molecular weight excluding hydrogens is 254 g/mol. The van der Waals surface area contributed by atoms with Crippen LogP contribution in [-0.2, 0) is 17.9 Å². The van der Waals surface area contributed by atoms with Crippen LogP contribution in [0.2, 0.25) is 0 Å². The Morgan fingerprint density at radius 3 is 2.65 bits per heavy atom. The van der Waals surface area contributed by atoms with E-state index in [1.165, 1.54) is 0 Å². The van der Waals surface area contributed by atoms with Crippen LogP contribution in [0, 0.1) is 6.92 Å². The zero-order chi connectivity index (χ0) is 14.7. The molecule has 20 heavy (non-hydrogen) atoms. The molecule has 108 valence electrons. The Morgan fingerprint density at radius 2 is 2.05 bits per heavy atom. The van der Waals surface area contributed by atoms with Gasteiger partial charge in [0.15, 0.2) is 0 Å². The zero-order valence-electron chi connectivity index (χ0n) is 12.3. The summed E-state index contributed by atoms with van der Waals surface area (Å²) in [6.07, 6.45) is 0. The summed E-state index contributed by atoms with van der Waals surface area (Å²) in [6.45, 7) is 7.35. The minimum atomic E-state index is -0.167. The Hall–Kier alpha value is -1.88. The van der Waals surface area contributed by atoms with Gasteiger partial charge in [0.1, 0.15) is 19.0 Å². The predicted octanol–water partition coefficient (Wildman–Crippen LogP) is 1.71. The van der Waals surface area contributed by atoms with Crippen molar-refractivity contribution in [3.63, 3.8) is 0 Å². The molecule has 0 aliphatic rings. The summed E-state index contributed by atoms with van der Waals surface area (Å²) >= 11 is 0. The van der Waals surface area contributed by atoms with Crippen molar-refractivity contribution in [2.24, 2.45) is 0 Å². The highest BCUT2D eigenvalue weighted by Gasteiger charge is 2.16. The molecule has 1 aromatic heterocycles. The molecule has 1 amide bonds. The number of nitrogens with zero attached hydrogens (tertiary/aromatic N) is 3. The second kappa shape index (κ2) is 6.05. The van der Waals surface area contributed by atoms with E-state index in [1.807, 2.05) is 39.0 Å². The van der Waals surface area contributed by atoms with E-state index < -0.39 is 0 Å². The molecule has 0 aliphatic heterocycles. The minimum Gasteiger partial charge on any atom is -0.388 e. The average molecular weight is 275 g/mol. The summed E-state index contributed by atoms with van der Waals surface area (Å²) in [6, 6.07) is 5.91. The molecule has 0 saturated carbocycles. The standard InChI is InChI=1S/C15H21N3O2/c1-4-17(5-2)15(20)9-18-13-7-6-11(3)8-12(13)16-14(18)10-19/h6-8,19H,4-5,9-10H2,1-3H3. The fourth-order valence-corrected chi connectivity index (χ4v) is 2.40. The van der Waals surface area contributed by atoms with Crippen molar-refractivity contribution < 1.29 is 9.90 Å². The van der Waals surface area contributed by atoms with Gasteiger partial charge in [-0.05, 0) is 38.5 Å². The third-order valence-corrected chi connectivity index (χ3v) is 3.53. The summed E-state index contributed by atoms with van der Waals surface area (Å²) in [7, 11) is 0. The Bertz CT molecular complexity index is 615. The van der Waals surface area contributed by atoms with E-state index in [0.717, 1.165) is 16.6 Å². The number of aryl methyl sites for hydroxylation is 1. The Balaban J connectivity index is 2.40. The number of carbonyl (C=O) groups excluding carboxylic acids is 1. The number of aromatic nitrogens is 2. The number of amides is 1. The van der Waals surface area contributed by atoms with Crippen LogP contribution in [0.15, 0.2) is 18.2 Å². The van der Waals surface area contributed by atoms with Gasteiger partial charge in [-0.3, -0.25) is 4.79 Å². The first-order valence-electron chi connectivity index (χ1n) is 6.95. The number of aliphatic hydroxyl groups is 1. The molecule has 1 N–H and O–H groups in total. The topological polar surface area (TPSA) is 58.4 Å². The van der Waals surface area contributed by atoms with E-state index in [0.29, 0.717) is 18.9 Å². The SMILES string of the molecule is CCN(CC)C(=O)Cn1c(CO)nc2cc(C)ccc21. The third kappa shape index (κ3) is 2.67. The van der Waals surface area contributed by atoms with Gasteiger partial charge in [0, 0.05) is 13.1 Å². The van der Waals surface area contributed by atoms with Crippen LogP contribution in [-0.4, -0.2) is 38.6 Å². The number of benzene rings is 1. The number of imidazole rings is 1. The number of carbonyl (C=O) groups is 1. The fourth-order valence-electron chi connectivity index (χ4n) is 2.40. The van der Waals surface area contributed by atoms with Gasteiger partial charge in [0.25, 0.3) is 0 Å². The number of likely N-dealkylation sites (N-methyl/N-ethyl adjacent to an activating group) is 1. The molecular formula is C15H21N3O2. The molecule has 0 aliphatic carbocycles. The lowest BCUT2D eigenvalue weighted by Crippen LogP contribution is -2.33. The van der Waals surface area contributed by atoms with E-state index >= 15 is 0 Å². The largest absolute Gasteiger partial charge is 0.388 e. The van der Waals surface area contributed by atoms with E-state index in [-0.39, 0.29) is 19.1 Å². The van der Waals surface area contributed by atoms with Crippen molar-refractivity contribution in [2.75, 3.05) is 13.1 Å². The number of hydrogen-bond acceptors (Lipinski definition) is 3. The number of aliphatic hydroxyl groups excluding tert-OH is 1. The van der Waals surface area contributed by atoms with E-state index in [2.05, 4.69) is 4.98 Å². The zero-order valence-corrected chi connectivity index (χ0v) is 12.3. The maximum atomic E-state index is 12.2. The Labute approximate surface area is 118 Å². The smallest absolute Gasteiger partial charge is 0.242 e. The van der Waals surface area contributed by atoms with Gasteiger partial charge in [0.2, 0.25) is 5.91 Å². The fraction of sp³-hybridized carbons (Fsp3) is 0.467. The van der Waals surface area contributed by atoms with Crippen LogP contribution in [0.3, 0.4) is 0 Å². The summed E-state index contributed by atoms with van der Waals surface area (Å²) in [5.41, 5.74) is 2.82. The van der Waals surface area contributed by atoms with Crippen LogP contribution in [0.4, 0.5) is 0 Å². The molecule has 0 saturated heterocycles.